The van der Waals surface area contributed by atoms with Gasteiger partial charge < -0.3 is 15.0 Å². The lowest BCUT2D eigenvalue weighted by molar-refractivity contribution is -0.142. The summed E-state index contributed by atoms with van der Waals surface area (Å²) in [5.41, 5.74) is 4.27. The zero-order chi connectivity index (χ0) is 23.3. The number of rotatable bonds is 5. The summed E-state index contributed by atoms with van der Waals surface area (Å²) in [6.07, 6.45) is 10.3. The lowest BCUT2D eigenvalue weighted by Crippen LogP contribution is -2.52. The van der Waals surface area contributed by atoms with E-state index in [2.05, 4.69) is 55.1 Å². The largest absolute Gasteiger partial charge is 0.392 e. The minimum atomic E-state index is -0.400. The lowest BCUT2D eigenvalue weighted by Gasteiger charge is -2.54. The van der Waals surface area contributed by atoms with E-state index in [9.17, 15) is 9.90 Å². The molecule has 176 valence electrons. The first-order valence-corrected chi connectivity index (χ1v) is 13.1. The Labute approximate surface area is 208 Å². The number of hydrogen-bond acceptors (Lipinski definition) is 3. The number of nitrogens with zero attached hydrogens (tertiary/aromatic N) is 2. The molecule has 1 aromatic heterocycles. The molecule has 3 aromatic rings. The second-order valence-electron chi connectivity index (χ2n) is 10.5. The molecular formula is C28H30BrN3O2. The molecule has 3 fully saturated rings. The van der Waals surface area contributed by atoms with Gasteiger partial charge in [-0.2, -0.15) is 0 Å². The van der Waals surface area contributed by atoms with E-state index in [0.29, 0.717) is 6.42 Å². The molecule has 0 saturated heterocycles. The van der Waals surface area contributed by atoms with Crippen LogP contribution in [0.25, 0.3) is 0 Å². The fourth-order valence-corrected chi connectivity index (χ4v) is 7.07. The van der Waals surface area contributed by atoms with Crippen LogP contribution in [0.15, 0.2) is 65.5 Å². The number of para-hydroxylation sites is 1. The van der Waals surface area contributed by atoms with E-state index in [-0.39, 0.29) is 22.8 Å². The average molecular weight is 520 g/mol. The number of carbonyl (C=O) groups excluding carboxylic acids is 1. The summed E-state index contributed by atoms with van der Waals surface area (Å²) in [5, 5.41) is 14.8. The number of imidazole rings is 1. The van der Waals surface area contributed by atoms with Crippen molar-refractivity contribution < 1.29 is 9.90 Å². The molecule has 0 spiro atoms. The Morgan fingerprint density at radius 1 is 1.09 bits per heavy atom. The summed E-state index contributed by atoms with van der Waals surface area (Å²) in [7, 11) is 0. The van der Waals surface area contributed by atoms with Crippen molar-refractivity contribution in [2.24, 2.45) is 10.8 Å². The third-order valence-corrected chi connectivity index (χ3v) is 9.62. The molecule has 4 aliphatic rings. The van der Waals surface area contributed by atoms with Gasteiger partial charge in [0.05, 0.1) is 24.2 Å². The van der Waals surface area contributed by atoms with Gasteiger partial charge in [0.1, 0.15) is 0 Å². The van der Waals surface area contributed by atoms with Crippen molar-refractivity contribution in [3.8, 4) is 0 Å². The maximum absolute atomic E-state index is 13.3. The van der Waals surface area contributed by atoms with Gasteiger partial charge in [-0.1, -0.05) is 36.4 Å². The van der Waals surface area contributed by atoms with Crippen LogP contribution in [0.1, 0.15) is 67.8 Å². The Balaban J connectivity index is 1.18. The van der Waals surface area contributed by atoms with Crippen molar-refractivity contribution in [1.82, 2.24) is 9.55 Å². The molecule has 1 amide bonds. The Morgan fingerprint density at radius 2 is 1.79 bits per heavy atom. The van der Waals surface area contributed by atoms with Crippen LogP contribution in [0.3, 0.4) is 0 Å². The first kappa shape index (κ1) is 22.1. The zero-order valence-corrected chi connectivity index (χ0v) is 20.8. The van der Waals surface area contributed by atoms with Crippen molar-refractivity contribution in [3.05, 3.63) is 82.3 Å². The van der Waals surface area contributed by atoms with Crippen LogP contribution in [-0.2, 0) is 11.2 Å². The third kappa shape index (κ3) is 3.54. The van der Waals surface area contributed by atoms with Gasteiger partial charge in [0, 0.05) is 28.2 Å². The summed E-state index contributed by atoms with van der Waals surface area (Å²) < 4.78 is 3.16. The molecule has 2 bridgehead atoms. The number of aliphatic hydroxyl groups is 1. The predicted molar refractivity (Wildman–Crippen MR) is 136 cm³/mol. The number of benzene rings is 2. The molecule has 7 rings (SSSR count). The Kier molecular flexibility index (Phi) is 5.41. The number of aromatic nitrogens is 2. The molecule has 2 N–H and O–H groups in total. The Hall–Kier alpha value is -2.44. The van der Waals surface area contributed by atoms with Crippen molar-refractivity contribution in [1.29, 1.82) is 0 Å². The number of amides is 1. The maximum Gasteiger partial charge on any atom is 0.230 e. The summed E-state index contributed by atoms with van der Waals surface area (Å²) in [6.45, 7) is 0. The summed E-state index contributed by atoms with van der Waals surface area (Å²) in [6, 6.07) is 16.5. The van der Waals surface area contributed by atoms with E-state index in [4.69, 9.17) is 0 Å². The predicted octanol–water partition coefficient (Wildman–Crippen LogP) is 5.87. The van der Waals surface area contributed by atoms with Crippen LogP contribution in [0, 0.1) is 10.8 Å². The number of hydrogen-bond donors (Lipinski definition) is 2. The fraction of sp³-hybridized carbons (Fsp3) is 0.429. The minimum Gasteiger partial charge on any atom is -0.392 e. The molecule has 2 atom stereocenters. The quantitative estimate of drug-likeness (QED) is 0.442. The molecule has 2 aromatic carbocycles. The standard InChI is InChI=1S/C28H30BrN3O2/c29-22-7-3-4-8-23(22)31-26(34)28-12-9-27(10-13-28,11-14-28)25(33)16-24-21-6-2-1-5-19(21)15-20-17-30-18-32(20)24/h1-8,17-18,24-25,33H,9-16H2,(H,31,34). The highest BCUT2D eigenvalue weighted by atomic mass is 79.9. The molecule has 3 saturated carbocycles. The molecule has 2 heterocycles. The van der Waals surface area contributed by atoms with Gasteiger partial charge in [-0.25, -0.2) is 4.98 Å². The second kappa shape index (κ2) is 8.35. The molecule has 6 heteroatoms. The first-order valence-electron chi connectivity index (χ1n) is 12.3. The summed E-state index contributed by atoms with van der Waals surface area (Å²) in [5.74, 6) is 0.131. The highest BCUT2D eigenvalue weighted by Gasteiger charge is 2.55. The molecule has 34 heavy (non-hydrogen) atoms. The van der Waals surface area contributed by atoms with E-state index >= 15 is 0 Å². The lowest BCUT2D eigenvalue weighted by atomic mass is 9.51. The summed E-state index contributed by atoms with van der Waals surface area (Å²) >= 11 is 3.54. The molecule has 3 aliphatic carbocycles. The van der Waals surface area contributed by atoms with Crippen LogP contribution in [0.4, 0.5) is 5.69 Å². The van der Waals surface area contributed by atoms with Crippen molar-refractivity contribution in [2.45, 2.75) is 63.5 Å². The number of halogens is 1. The molecule has 1 aliphatic heterocycles. The average Bonchev–Trinajstić information content (AvgIpc) is 3.35. The smallest absolute Gasteiger partial charge is 0.230 e. The van der Waals surface area contributed by atoms with Crippen LogP contribution in [0.5, 0.6) is 0 Å². The molecular weight excluding hydrogens is 490 g/mol. The number of fused-ring (bicyclic) bond motifs is 5. The van der Waals surface area contributed by atoms with Crippen LogP contribution < -0.4 is 5.32 Å². The van der Waals surface area contributed by atoms with Gasteiger partial charge in [0.25, 0.3) is 0 Å². The highest BCUT2D eigenvalue weighted by Crippen LogP contribution is 2.59. The monoisotopic (exact) mass is 519 g/mol. The molecule has 2 unspecified atom stereocenters. The topological polar surface area (TPSA) is 67.2 Å². The Morgan fingerprint density at radius 3 is 2.56 bits per heavy atom. The number of nitrogens with one attached hydrogen (secondary N) is 1. The number of aliphatic hydroxyl groups excluding tert-OH is 1. The van der Waals surface area contributed by atoms with E-state index in [0.717, 1.165) is 55.1 Å². The highest BCUT2D eigenvalue weighted by molar-refractivity contribution is 9.10. The van der Waals surface area contributed by atoms with Crippen molar-refractivity contribution in [3.63, 3.8) is 0 Å². The van der Waals surface area contributed by atoms with Crippen LogP contribution in [0.2, 0.25) is 0 Å². The number of carbonyl (C=O) groups is 1. The van der Waals surface area contributed by atoms with Crippen LogP contribution >= 0.6 is 15.9 Å². The van der Waals surface area contributed by atoms with Gasteiger partial charge in [-0.3, -0.25) is 4.79 Å². The third-order valence-electron chi connectivity index (χ3n) is 8.93. The van der Waals surface area contributed by atoms with E-state index < -0.39 is 6.10 Å². The van der Waals surface area contributed by atoms with Gasteiger partial charge >= 0.3 is 0 Å². The molecule has 0 radical (unpaired) electrons. The minimum absolute atomic E-state index is 0.0947. The maximum atomic E-state index is 13.3. The zero-order valence-electron chi connectivity index (χ0n) is 19.2. The molecule has 5 nitrogen and oxygen atoms in total. The van der Waals surface area contributed by atoms with E-state index in [1.54, 1.807) is 0 Å². The first-order chi connectivity index (χ1) is 16.5. The van der Waals surface area contributed by atoms with Gasteiger partial charge in [0.2, 0.25) is 5.91 Å². The van der Waals surface area contributed by atoms with Gasteiger partial charge in [-0.05, 0) is 89.6 Å². The van der Waals surface area contributed by atoms with Crippen LogP contribution in [-0.4, -0.2) is 26.7 Å². The van der Waals surface area contributed by atoms with E-state index in [1.165, 1.54) is 16.8 Å². The Bertz CT molecular complexity index is 1210. The SMILES string of the molecule is O=C(Nc1ccccc1Br)C12CCC(C(O)CC3c4ccccc4Cc4cncn43)(CC1)CC2. The number of anilines is 1. The fourth-order valence-electron chi connectivity index (χ4n) is 6.69. The van der Waals surface area contributed by atoms with E-state index in [1.807, 2.05) is 36.8 Å². The normalized spacial score (nSPS) is 28.1. The van der Waals surface area contributed by atoms with Crippen molar-refractivity contribution >= 4 is 27.5 Å². The van der Waals surface area contributed by atoms with Gasteiger partial charge in [-0.15, -0.1) is 0 Å². The summed E-state index contributed by atoms with van der Waals surface area (Å²) in [4.78, 5) is 17.7. The second-order valence-corrected chi connectivity index (χ2v) is 11.4. The van der Waals surface area contributed by atoms with Gasteiger partial charge in [0.15, 0.2) is 0 Å². The van der Waals surface area contributed by atoms with Crippen molar-refractivity contribution in [2.75, 3.05) is 5.32 Å².